The van der Waals surface area contributed by atoms with Crippen molar-refractivity contribution >= 4 is 10.8 Å². The first kappa shape index (κ1) is 12.6. The molecular formula is C10H19N5OS. The molecule has 7 heteroatoms. The van der Waals surface area contributed by atoms with Crippen LogP contribution in [0.2, 0.25) is 0 Å². The van der Waals surface area contributed by atoms with E-state index < -0.39 is 10.8 Å². The van der Waals surface area contributed by atoms with Crippen LogP contribution in [-0.4, -0.2) is 53.4 Å². The van der Waals surface area contributed by atoms with Crippen LogP contribution in [0.4, 0.5) is 0 Å². The second kappa shape index (κ2) is 5.22. The minimum Gasteiger partial charge on any atom is -0.294 e. The fourth-order valence-electron chi connectivity index (χ4n) is 2.02. The van der Waals surface area contributed by atoms with Crippen molar-refractivity contribution < 1.29 is 4.21 Å². The largest absolute Gasteiger partial charge is 0.294 e. The second-order valence-corrected chi connectivity index (χ2v) is 6.74. The first-order valence-corrected chi connectivity index (χ1v) is 7.32. The molecule has 2 rings (SSSR count). The van der Waals surface area contributed by atoms with Gasteiger partial charge in [0.15, 0.2) is 5.82 Å². The molecule has 0 N–H and O–H groups in total. The Balaban J connectivity index is 2.01. The number of tetrazole rings is 1. The highest BCUT2D eigenvalue weighted by atomic mass is 32.2. The lowest BCUT2D eigenvalue weighted by atomic mass is 10.3. The van der Waals surface area contributed by atoms with Gasteiger partial charge in [-0.15, -0.1) is 5.10 Å². The molecule has 0 spiro atoms. The zero-order valence-electron chi connectivity index (χ0n) is 10.5. The van der Waals surface area contributed by atoms with Crippen LogP contribution >= 0.6 is 0 Å². The van der Waals surface area contributed by atoms with Crippen LogP contribution in [0.5, 0.6) is 0 Å². The third-order valence-electron chi connectivity index (χ3n) is 2.99. The van der Waals surface area contributed by atoms with E-state index in [1.165, 1.54) is 0 Å². The van der Waals surface area contributed by atoms with Crippen molar-refractivity contribution in [2.45, 2.75) is 38.6 Å². The van der Waals surface area contributed by atoms with Crippen molar-refractivity contribution in [2.24, 2.45) is 0 Å². The molecule has 0 bridgehead atoms. The molecule has 1 saturated heterocycles. The van der Waals surface area contributed by atoms with E-state index in [9.17, 15) is 4.21 Å². The predicted molar refractivity (Wildman–Crippen MR) is 66.0 cm³/mol. The van der Waals surface area contributed by atoms with Crippen LogP contribution in [0.1, 0.15) is 32.6 Å². The van der Waals surface area contributed by atoms with Gasteiger partial charge >= 0.3 is 0 Å². The summed E-state index contributed by atoms with van der Waals surface area (Å²) in [6.45, 7) is 8.63. The molecule has 2 unspecified atom stereocenters. The molecule has 2 heterocycles. The summed E-state index contributed by atoms with van der Waals surface area (Å²) in [5.74, 6) is 1.64. The van der Waals surface area contributed by atoms with Gasteiger partial charge in [-0.25, -0.2) is 4.68 Å². The Labute approximate surface area is 104 Å². The summed E-state index contributed by atoms with van der Waals surface area (Å²) in [4.78, 5) is 2.27. The molecule has 1 aliphatic heterocycles. The van der Waals surface area contributed by atoms with Crippen molar-refractivity contribution in [1.29, 1.82) is 0 Å². The van der Waals surface area contributed by atoms with E-state index in [1.807, 2.05) is 11.6 Å². The number of hydrogen-bond acceptors (Lipinski definition) is 5. The summed E-state index contributed by atoms with van der Waals surface area (Å²) in [5, 5.41) is 12.0. The topological polar surface area (TPSA) is 63.9 Å². The molecule has 0 saturated carbocycles. The highest BCUT2D eigenvalue weighted by Gasteiger charge is 2.24. The molecule has 17 heavy (non-hydrogen) atoms. The average Bonchev–Trinajstić information content (AvgIpc) is 2.72. The zero-order chi connectivity index (χ0) is 12.4. The van der Waals surface area contributed by atoms with Gasteiger partial charge in [0.1, 0.15) is 0 Å². The Morgan fingerprint density at radius 1 is 1.53 bits per heavy atom. The van der Waals surface area contributed by atoms with Gasteiger partial charge in [-0.05, 0) is 31.2 Å². The first-order chi connectivity index (χ1) is 8.08. The molecule has 6 nitrogen and oxygen atoms in total. The summed E-state index contributed by atoms with van der Waals surface area (Å²) in [7, 11) is -0.668. The number of rotatable bonds is 3. The smallest absolute Gasteiger partial charge is 0.165 e. The van der Waals surface area contributed by atoms with E-state index in [0.29, 0.717) is 0 Å². The molecular weight excluding hydrogens is 238 g/mol. The van der Waals surface area contributed by atoms with E-state index in [4.69, 9.17) is 0 Å². The minimum atomic E-state index is -0.668. The van der Waals surface area contributed by atoms with Crippen molar-refractivity contribution in [3.05, 3.63) is 5.82 Å². The van der Waals surface area contributed by atoms with Crippen LogP contribution < -0.4 is 0 Å². The summed E-state index contributed by atoms with van der Waals surface area (Å²) in [5.41, 5.74) is 0. The molecule has 1 aromatic rings. The summed E-state index contributed by atoms with van der Waals surface area (Å²) in [6, 6.07) is 0.274. The standard InChI is InChI=1S/C10H19N5OS/c1-8(2)15-10(11-12-13-15)7-14-4-5-17(16)9(3)6-14/h8-9H,4-7H2,1-3H3. The lowest BCUT2D eigenvalue weighted by molar-refractivity contribution is 0.259. The number of nitrogens with zero attached hydrogens (tertiary/aromatic N) is 5. The Bertz CT molecular complexity index is 405. The van der Waals surface area contributed by atoms with Crippen molar-refractivity contribution in [2.75, 3.05) is 18.8 Å². The maximum atomic E-state index is 11.6. The monoisotopic (exact) mass is 257 g/mol. The molecule has 96 valence electrons. The van der Waals surface area contributed by atoms with Gasteiger partial charge in [0.05, 0.1) is 12.6 Å². The van der Waals surface area contributed by atoms with Crippen molar-refractivity contribution in [1.82, 2.24) is 25.1 Å². The normalized spacial score (nSPS) is 26.6. The Hall–Kier alpha value is -0.820. The van der Waals surface area contributed by atoms with Crippen LogP contribution in [0.3, 0.4) is 0 Å². The van der Waals surface area contributed by atoms with E-state index in [-0.39, 0.29) is 11.3 Å². The van der Waals surface area contributed by atoms with Crippen LogP contribution in [-0.2, 0) is 17.3 Å². The number of aromatic nitrogens is 4. The molecule has 0 radical (unpaired) electrons. The maximum absolute atomic E-state index is 11.6. The van der Waals surface area contributed by atoms with Gasteiger partial charge in [0.2, 0.25) is 0 Å². The third kappa shape index (κ3) is 2.90. The van der Waals surface area contributed by atoms with Gasteiger partial charge in [-0.2, -0.15) is 0 Å². The van der Waals surface area contributed by atoms with Gasteiger partial charge < -0.3 is 0 Å². The summed E-state index contributed by atoms with van der Waals surface area (Å²) < 4.78 is 13.4. The average molecular weight is 257 g/mol. The summed E-state index contributed by atoms with van der Waals surface area (Å²) in [6.07, 6.45) is 0. The minimum absolute atomic E-state index is 0.243. The lowest BCUT2D eigenvalue weighted by Gasteiger charge is -2.29. The van der Waals surface area contributed by atoms with E-state index in [2.05, 4.69) is 34.3 Å². The molecule has 1 fully saturated rings. The zero-order valence-corrected chi connectivity index (χ0v) is 11.4. The molecule has 0 aromatic carbocycles. The van der Waals surface area contributed by atoms with Gasteiger partial charge in [0, 0.05) is 34.9 Å². The van der Waals surface area contributed by atoms with Gasteiger partial charge in [0.25, 0.3) is 0 Å². The highest BCUT2D eigenvalue weighted by Crippen LogP contribution is 2.12. The quantitative estimate of drug-likeness (QED) is 0.774. The van der Waals surface area contributed by atoms with Crippen LogP contribution in [0, 0.1) is 0 Å². The Kier molecular flexibility index (Phi) is 3.88. The van der Waals surface area contributed by atoms with Crippen LogP contribution in [0.15, 0.2) is 0 Å². The van der Waals surface area contributed by atoms with Crippen molar-refractivity contribution in [3.63, 3.8) is 0 Å². The highest BCUT2D eigenvalue weighted by molar-refractivity contribution is 7.85. The van der Waals surface area contributed by atoms with E-state index in [0.717, 1.165) is 31.2 Å². The fourth-order valence-corrected chi connectivity index (χ4v) is 3.24. The summed E-state index contributed by atoms with van der Waals surface area (Å²) >= 11 is 0. The van der Waals surface area contributed by atoms with Gasteiger partial charge in [-0.3, -0.25) is 9.11 Å². The molecule has 1 aliphatic rings. The Morgan fingerprint density at radius 2 is 2.29 bits per heavy atom. The molecule has 0 amide bonds. The Morgan fingerprint density at radius 3 is 2.94 bits per heavy atom. The second-order valence-electron chi connectivity index (χ2n) is 4.76. The third-order valence-corrected chi connectivity index (χ3v) is 4.62. The molecule has 2 atom stereocenters. The molecule has 1 aromatic heterocycles. The number of hydrogen-bond donors (Lipinski definition) is 0. The fraction of sp³-hybridized carbons (Fsp3) is 0.900. The molecule has 0 aliphatic carbocycles. The maximum Gasteiger partial charge on any atom is 0.165 e. The van der Waals surface area contributed by atoms with Gasteiger partial charge in [-0.1, -0.05) is 0 Å². The lowest BCUT2D eigenvalue weighted by Crippen LogP contribution is -2.42. The van der Waals surface area contributed by atoms with E-state index >= 15 is 0 Å². The first-order valence-electron chi connectivity index (χ1n) is 5.94. The van der Waals surface area contributed by atoms with Crippen molar-refractivity contribution in [3.8, 4) is 0 Å². The van der Waals surface area contributed by atoms with E-state index in [1.54, 1.807) is 0 Å². The van der Waals surface area contributed by atoms with Crippen LogP contribution in [0.25, 0.3) is 0 Å². The SMILES string of the molecule is CC(C)n1nnnc1CN1CCS(=O)C(C)C1. The predicted octanol–water partition coefficient (Wildman–Crippen LogP) is 0.207.